The second kappa shape index (κ2) is 4.72. The van der Waals surface area contributed by atoms with Gasteiger partial charge in [0.1, 0.15) is 11.6 Å². The summed E-state index contributed by atoms with van der Waals surface area (Å²) in [7, 11) is 0. The van der Waals surface area contributed by atoms with E-state index in [0.717, 1.165) is 0 Å². The fraction of sp³-hybridized carbons (Fsp3) is 0.111. The Balaban J connectivity index is 3.33. The van der Waals surface area contributed by atoms with Crippen molar-refractivity contribution in [2.24, 2.45) is 0 Å². The number of carboxylic acid groups (broad SMARTS) is 1. The smallest absolute Gasteiger partial charge is 0.307 e. The van der Waals surface area contributed by atoms with Crippen molar-refractivity contribution in [1.82, 2.24) is 0 Å². The van der Waals surface area contributed by atoms with Crippen LogP contribution in [-0.2, 0) is 11.2 Å². The van der Waals surface area contributed by atoms with Crippen LogP contribution in [0.25, 0.3) is 0 Å². The third kappa shape index (κ3) is 2.55. The predicted molar refractivity (Wildman–Crippen MR) is 56.9 cm³/mol. The van der Waals surface area contributed by atoms with Gasteiger partial charge >= 0.3 is 11.7 Å². The lowest BCUT2D eigenvalue weighted by molar-refractivity contribution is -0.386. The Morgan fingerprint density at radius 3 is 2.69 bits per heavy atom. The number of nitro benzene ring substituents is 1. The molecule has 0 atom stereocenters. The van der Waals surface area contributed by atoms with E-state index in [9.17, 15) is 14.9 Å². The molecule has 0 aliphatic carbocycles. The van der Waals surface area contributed by atoms with Crippen LogP contribution in [0.1, 0.15) is 11.1 Å². The number of nitro groups is 1. The number of halogens is 1. The molecule has 0 aromatic heterocycles. The van der Waals surface area contributed by atoms with Crippen LogP contribution in [0.4, 0.5) is 5.69 Å². The highest BCUT2D eigenvalue weighted by atomic mass is 79.9. The number of hydrogen-bond donors (Lipinski definition) is 1. The average molecular weight is 285 g/mol. The van der Waals surface area contributed by atoms with Gasteiger partial charge in [0.25, 0.3) is 0 Å². The Hall–Kier alpha value is -1.94. The lowest BCUT2D eigenvalue weighted by Crippen LogP contribution is -2.02. The molecular weight excluding hydrogens is 280 g/mol. The summed E-state index contributed by atoms with van der Waals surface area (Å²) in [4.78, 5) is 20.4. The summed E-state index contributed by atoms with van der Waals surface area (Å²) in [5.74, 6) is -1.07. The molecule has 0 unspecified atom stereocenters. The lowest BCUT2D eigenvalue weighted by Gasteiger charge is -2.01. The highest BCUT2D eigenvalue weighted by molar-refractivity contribution is 9.10. The standard InChI is InChI=1S/C9H5BrN2O4/c10-7-2-5(3-8(13)14)1-6(4-11)9(7)12(15)16/h1-2H,3H2,(H,13,14). The van der Waals surface area contributed by atoms with Crippen LogP contribution in [0.15, 0.2) is 16.6 Å². The Kier molecular flexibility index (Phi) is 3.58. The summed E-state index contributed by atoms with van der Waals surface area (Å²) in [6.45, 7) is 0. The molecule has 6 nitrogen and oxygen atoms in total. The maximum Gasteiger partial charge on any atom is 0.307 e. The Morgan fingerprint density at radius 2 is 2.25 bits per heavy atom. The lowest BCUT2D eigenvalue weighted by atomic mass is 10.1. The van der Waals surface area contributed by atoms with Crippen LogP contribution in [0, 0.1) is 21.4 Å². The zero-order chi connectivity index (χ0) is 12.3. The largest absolute Gasteiger partial charge is 0.481 e. The van der Waals surface area contributed by atoms with Gasteiger partial charge in [-0.3, -0.25) is 14.9 Å². The molecule has 0 fully saturated rings. The zero-order valence-corrected chi connectivity index (χ0v) is 9.39. The third-order valence-corrected chi connectivity index (χ3v) is 2.39. The van der Waals surface area contributed by atoms with Crippen molar-refractivity contribution < 1.29 is 14.8 Å². The third-order valence-electron chi connectivity index (χ3n) is 1.78. The van der Waals surface area contributed by atoms with Crippen LogP contribution in [0.3, 0.4) is 0 Å². The SMILES string of the molecule is N#Cc1cc(CC(=O)O)cc(Br)c1[N+](=O)[O-]. The number of benzene rings is 1. The van der Waals surface area contributed by atoms with Crippen molar-refractivity contribution in [1.29, 1.82) is 5.26 Å². The number of carbonyl (C=O) groups is 1. The van der Waals surface area contributed by atoms with E-state index in [-0.39, 0.29) is 22.1 Å². The summed E-state index contributed by atoms with van der Waals surface area (Å²) in [5.41, 5.74) is -0.172. The molecule has 82 valence electrons. The van der Waals surface area contributed by atoms with Gasteiger partial charge in [-0.15, -0.1) is 0 Å². The van der Waals surface area contributed by atoms with Crippen LogP contribution in [-0.4, -0.2) is 16.0 Å². The van der Waals surface area contributed by atoms with Crippen LogP contribution in [0.2, 0.25) is 0 Å². The number of nitriles is 1. The molecule has 0 spiro atoms. The van der Waals surface area contributed by atoms with Crippen molar-refractivity contribution in [2.75, 3.05) is 0 Å². The van der Waals surface area contributed by atoms with Crippen molar-refractivity contribution in [3.8, 4) is 6.07 Å². The van der Waals surface area contributed by atoms with E-state index in [1.54, 1.807) is 6.07 Å². The van der Waals surface area contributed by atoms with Crippen LogP contribution >= 0.6 is 15.9 Å². The minimum Gasteiger partial charge on any atom is -0.481 e. The number of nitrogens with zero attached hydrogens (tertiary/aromatic N) is 2. The fourth-order valence-electron chi connectivity index (χ4n) is 1.20. The summed E-state index contributed by atoms with van der Waals surface area (Å²) in [5, 5.41) is 27.9. The summed E-state index contributed by atoms with van der Waals surface area (Å²) < 4.78 is 0.104. The first-order chi connectivity index (χ1) is 7.45. The second-order valence-electron chi connectivity index (χ2n) is 2.91. The normalized spacial score (nSPS) is 9.50. The van der Waals surface area contributed by atoms with Gasteiger partial charge in [0.05, 0.1) is 15.8 Å². The number of carboxylic acids is 1. The van der Waals surface area contributed by atoms with Gasteiger partial charge in [-0.2, -0.15) is 5.26 Å². The van der Waals surface area contributed by atoms with E-state index in [1.807, 2.05) is 0 Å². The quantitative estimate of drug-likeness (QED) is 0.674. The summed E-state index contributed by atoms with van der Waals surface area (Å²) >= 11 is 2.94. The molecule has 1 rings (SSSR count). The maximum atomic E-state index is 10.6. The predicted octanol–water partition coefficient (Wildman–Crippen LogP) is 1.86. The summed E-state index contributed by atoms with van der Waals surface area (Å²) in [6.07, 6.45) is -0.286. The average Bonchev–Trinajstić information content (AvgIpc) is 2.14. The second-order valence-corrected chi connectivity index (χ2v) is 3.77. The molecule has 0 saturated heterocycles. The Labute approximate surface area is 98.4 Å². The van der Waals surface area contributed by atoms with E-state index < -0.39 is 10.9 Å². The van der Waals surface area contributed by atoms with Gasteiger partial charge < -0.3 is 5.11 Å². The van der Waals surface area contributed by atoms with E-state index in [1.165, 1.54) is 12.1 Å². The minimum atomic E-state index is -1.07. The Bertz CT molecular complexity index is 507. The summed E-state index contributed by atoms with van der Waals surface area (Å²) in [6, 6.07) is 4.20. The Morgan fingerprint density at radius 1 is 1.62 bits per heavy atom. The van der Waals surface area contributed by atoms with Crippen LogP contribution < -0.4 is 0 Å². The first kappa shape index (κ1) is 12.1. The molecule has 0 heterocycles. The molecule has 0 radical (unpaired) electrons. The fourth-order valence-corrected chi connectivity index (χ4v) is 1.86. The van der Waals surface area contributed by atoms with E-state index in [2.05, 4.69) is 15.9 Å². The molecule has 1 aromatic carbocycles. The van der Waals surface area contributed by atoms with Crippen molar-refractivity contribution in [2.45, 2.75) is 6.42 Å². The molecule has 0 aliphatic rings. The van der Waals surface area contributed by atoms with E-state index >= 15 is 0 Å². The van der Waals surface area contributed by atoms with Crippen molar-refractivity contribution in [3.05, 3.63) is 37.8 Å². The highest BCUT2D eigenvalue weighted by Gasteiger charge is 2.20. The molecule has 0 saturated carbocycles. The molecule has 0 amide bonds. The van der Waals surface area contributed by atoms with Gasteiger partial charge in [-0.05, 0) is 33.6 Å². The van der Waals surface area contributed by atoms with Gasteiger partial charge in [0.15, 0.2) is 0 Å². The highest BCUT2D eigenvalue weighted by Crippen LogP contribution is 2.30. The molecule has 16 heavy (non-hydrogen) atoms. The molecule has 0 aliphatic heterocycles. The molecule has 1 N–H and O–H groups in total. The minimum absolute atomic E-state index is 0.104. The van der Waals surface area contributed by atoms with Gasteiger partial charge in [0, 0.05) is 0 Å². The van der Waals surface area contributed by atoms with Crippen molar-refractivity contribution >= 4 is 27.6 Å². The van der Waals surface area contributed by atoms with E-state index in [4.69, 9.17) is 10.4 Å². The molecular formula is C9H5BrN2O4. The number of hydrogen-bond acceptors (Lipinski definition) is 4. The number of rotatable bonds is 3. The van der Waals surface area contributed by atoms with E-state index in [0.29, 0.717) is 5.56 Å². The van der Waals surface area contributed by atoms with Gasteiger partial charge in [-0.25, -0.2) is 0 Å². The van der Waals surface area contributed by atoms with Gasteiger partial charge in [0.2, 0.25) is 0 Å². The first-order valence-corrected chi connectivity index (χ1v) is 4.83. The van der Waals surface area contributed by atoms with Crippen LogP contribution in [0.5, 0.6) is 0 Å². The van der Waals surface area contributed by atoms with Crippen molar-refractivity contribution in [3.63, 3.8) is 0 Å². The van der Waals surface area contributed by atoms with Gasteiger partial charge in [-0.1, -0.05) is 0 Å². The molecule has 0 bridgehead atoms. The topological polar surface area (TPSA) is 104 Å². The first-order valence-electron chi connectivity index (χ1n) is 4.04. The molecule has 1 aromatic rings. The number of aliphatic carboxylic acids is 1. The zero-order valence-electron chi connectivity index (χ0n) is 7.81. The monoisotopic (exact) mass is 284 g/mol. The maximum absolute atomic E-state index is 10.6. The molecule has 7 heteroatoms.